The van der Waals surface area contributed by atoms with Crippen molar-refractivity contribution in [1.82, 2.24) is 10.6 Å². The molecule has 1 aromatic rings. The molecular weight excluding hydrogens is 300 g/mol. The Bertz CT molecular complexity index is 542. The molecule has 0 spiro atoms. The van der Waals surface area contributed by atoms with Crippen molar-refractivity contribution >= 4 is 17.8 Å². The predicted octanol–water partition coefficient (Wildman–Crippen LogP) is 0.883. The van der Waals surface area contributed by atoms with Gasteiger partial charge in [-0.1, -0.05) is 0 Å². The molecule has 0 radical (unpaired) electrons. The van der Waals surface area contributed by atoms with Crippen molar-refractivity contribution in [3.8, 4) is 5.75 Å². The van der Waals surface area contributed by atoms with Crippen LogP contribution in [-0.2, 0) is 14.3 Å². The van der Waals surface area contributed by atoms with E-state index in [9.17, 15) is 14.4 Å². The van der Waals surface area contributed by atoms with E-state index in [0.29, 0.717) is 24.5 Å². The lowest BCUT2D eigenvalue weighted by Crippen LogP contribution is -2.38. The Morgan fingerprint density at radius 1 is 1.09 bits per heavy atom. The molecule has 0 aliphatic carbocycles. The molecule has 2 N–H and O–H groups in total. The number of benzene rings is 1. The van der Waals surface area contributed by atoms with Gasteiger partial charge in [0.05, 0.1) is 6.61 Å². The molecule has 23 heavy (non-hydrogen) atoms. The fraction of sp³-hybridized carbons (Fsp3) is 0.438. The van der Waals surface area contributed by atoms with E-state index in [2.05, 4.69) is 10.6 Å². The second-order valence-corrected chi connectivity index (χ2v) is 4.67. The topological polar surface area (TPSA) is 93.7 Å². The lowest BCUT2D eigenvalue weighted by Gasteiger charge is -2.13. The molecule has 0 saturated heterocycles. The van der Waals surface area contributed by atoms with Crippen LogP contribution < -0.4 is 15.4 Å². The normalized spacial score (nSPS) is 11.3. The van der Waals surface area contributed by atoms with Gasteiger partial charge in [0.2, 0.25) is 0 Å². The van der Waals surface area contributed by atoms with Gasteiger partial charge in [0.15, 0.2) is 6.10 Å². The van der Waals surface area contributed by atoms with Crippen molar-refractivity contribution < 1.29 is 23.9 Å². The second-order valence-electron chi connectivity index (χ2n) is 4.67. The van der Waals surface area contributed by atoms with Crippen molar-refractivity contribution in [2.24, 2.45) is 0 Å². The lowest BCUT2D eigenvalue weighted by atomic mass is 10.2. The molecule has 7 nitrogen and oxygen atoms in total. The fourth-order valence-corrected chi connectivity index (χ4v) is 1.73. The first-order valence-electron chi connectivity index (χ1n) is 7.46. The van der Waals surface area contributed by atoms with E-state index in [-0.39, 0.29) is 12.5 Å². The Labute approximate surface area is 135 Å². The highest BCUT2D eigenvalue weighted by atomic mass is 16.5. The molecule has 0 unspecified atom stereocenters. The maximum absolute atomic E-state index is 11.9. The smallest absolute Gasteiger partial charge is 0.326 e. The summed E-state index contributed by atoms with van der Waals surface area (Å²) in [6.45, 7) is 5.79. The third-order valence-electron chi connectivity index (χ3n) is 2.85. The summed E-state index contributed by atoms with van der Waals surface area (Å²) < 4.78 is 10.2. The van der Waals surface area contributed by atoms with Crippen LogP contribution in [0.5, 0.6) is 5.75 Å². The molecule has 126 valence electrons. The number of hydrogen-bond acceptors (Lipinski definition) is 5. The zero-order valence-electron chi connectivity index (χ0n) is 13.5. The van der Waals surface area contributed by atoms with Crippen LogP contribution in [0.15, 0.2) is 24.3 Å². The zero-order valence-corrected chi connectivity index (χ0v) is 13.5. The van der Waals surface area contributed by atoms with Crippen molar-refractivity contribution in [3.05, 3.63) is 29.8 Å². The number of rotatable bonds is 8. The first kappa shape index (κ1) is 18.5. The van der Waals surface area contributed by atoms with Gasteiger partial charge in [-0.2, -0.15) is 0 Å². The lowest BCUT2D eigenvalue weighted by molar-refractivity contribution is -0.153. The summed E-state index contributed by atoms with van der Waals surface area (Å²) in [4.78, 5) is 34.9. The predicted molar refractivity (Wildman–Crippen MR) is 84.2 cm³/mol. The SMILES string of the molecule is CCNC(=O)[C@@H](C)OC(=O)CNC(=O)c1ccc(OCC)cc1. The monoisotopic (exact) mass is 322 g/mol. The average Bonchev–Trinajstić information content (AvgIpc) is 2.53. The maximum atomic E-state index is 11.9. The Morgan fingerprint density at radius 2 is 1.74 bits per heavy atom. The van der Waals surface area contributed by atoms with E-state index in [1.807, 2.05) is 6.92 Å². The number of nitrogens with one attached hydrogen (secondary N) is 2. The van der Waals surface area contributed by atoms with Crippen LogP contribution in [0.25, 0.3) is 0 Å². The van der Waals surface area contributed by atoms with Crippen LogP contribution in [0.1, 0.15) is 31.1 Å². The zero-order chi connectivity index (χ0) is 17.2. The molecule has 0 aliphatic rings. The van der Waals surface area contributed by atoms with E-state index in [0.717, 1.165) is 0 Å². The Hall–Kier alpha value is -2.57. The largest absolute Gasteiger partial charge is 0.494 e. The minimum atomic E-state index is -0.898. The molecule has 1 rings (SSSR count). The first-order chi connectivity index (χ1) is 11.0. The summed E-state index contributed by atoms with van der Waals surface area (Å²) in [5, 5.41) is 4.98. The highest BCUT2D eigenvalue weighted by Crippen LogP contribution is 2.11. The summed E-state index contributed by atoms with van der Waals surface area (Å²) in [6.07, 6.45) is -0.898. The molecule has 1 aromatic carbocycles. The molecule has 0 aliphatic heterocycles. The summed E-state index contributed by atoms with van der Waals surface area (Å²) in [7, 11) is 0. The Kier molecular flexibility index (Phi) is 7.59. The Balaban J connectivity index is 2.43. The molecule has 2 amide bonds. The van der Waals surface area contributed by atoms with Gasteiger partial charge in [-0.25, -0.2) is 0 Å². The molecule has 0 bridgehead atoms. The quantitative estimate of drug-likeness (QED) is 0.693. The van der Waals surface area contributed by atoms with E-state index in [1.165, 1.54) is 6.92 Å². The van der Waals surface area contributed by atoms with Gasteiger partial charge < -0.3 is 20.1 Å². The van der Waals surface area contributed by atoms with Crippen molar-refractivity contribution in [3.63, 3.8) is 0 Å². The van der Waals surface area contributed by atoms with Gasteiger partial charge in [-0.05, 0) is 45.0 Å². The van der Waals surface area contributed by atoms with Crippen LogP contribution in [0, 0.1) is 0 Å². The molecule has 1 atom stereocenters. The summed E-state index contributed by atoms with van der Waals surface area (Å²) in [6, 6.07) is 6.55. The highest BCUT2D eigenvalue weighted by Gasteiger charge is 2.17. The molecule has 7 heteroatoms. The fourth-order valence-electron chi connectivity index (χ4n) is 1.73. The summed E-state index contributed by atoms with van der Waals surface area (Å²) in [5.41, 5.74) is 0.401. The minimum absolute atomic E-state index is 0.310. The molecule has 0 saturated carbocycles. The highest BCUT2D eigenvalue weighted by molar-refractivity contribution is 5.96. The van der Waals surface area contributed by atoms with Crippen molar-refractivity contribution in [2.75, 3.05) is 19.7 Å². The third-order valence-corrected chi connectivity index (χ3v) is 2.85. The van der Waals surface area contributed by atoms with Crippen LogP contribution in [0.4, 0.5) is 0 Å². The van der Waals surface area contributed by atoms with Crippen LogP contribution in [-0.4, -0.2) is 43.6 Å². The number of amides is 2. The molecular formula is C16H22N2O5. The number of esters is 1. The van der Waals surface area contributed by atoms with E-state index >= 15 is 0 Å². The van der Waals surface area contributed by atoms with Crippen LogP contribution >= 0.6 is 0 Å². The molecule has 0 aromatic heterocycles. The standard InChI is InChI=1S/C16H22N2O5/c1-4-17-15(20)11(3)23-14(19)10-18-16(21)12-6-8-13(9-7-12)22-5-2/h6-9,11H,4-5,10H2,1-3H3,(H,17,20)(H,18,21)/t11-/m1/s1. The van der Waals surface area contributed by atoms with Gasteiger partial charge in [0.25, 0.3) is 11.8 Å². The van der Waals surface area contributed by atoms with Gasteiger partial charge in [-0.3, -0.25) is 14.4 Å². The maximum Gasteiger partial charge on any atom is 0.326 e. The summed E-state index contributed by atoms with van der Waals surface area (Å²) in [5.74, 6) is -0.795. The first-order valence-corrected chi connectivity index (χ1v) is 7.46. The average molecular weight is 322 g/mol. The number of ether oxygens (including phenoxy) is 2. The molecule has 0 fully saturated rings. The third kappa shape index (κ3) is 6.37. The van der Waals surface area contributed by atoms with E-state index in [1.54, 1.807) is 31.2 Å². The van der Waals surface area contributed by atoms with Crippen molar-refractivity contribution in [1.29, 1.82) is 0 Å². The van der Waals surface area contributed by atoms with Gasteiger partial charge in [0, 0.05) is 12.1 Å². The minimum Gasteiger partial charge on any atom is -0.494 e. The van der Waals surface area contributed by atoms with Crippen molar-refractivity contribution in [2.45, 2.75) is 26.9 Å². The molecule has 0 heterocycles. The number of carbonyl (C=O) groups excluding carboxylic acids is 3. The van der Waals surface area contributed by atoms with Crippen LogP contribution in [0.3, 0.4) is 0 Å². The Morgan fingerprint density at radius 3 is 2.30 bits per heavy atom. The second kappa shape index (κ2) is 9.45. The van der Waals surface area contributed by atoms with Gasteiger partial charge >= 0.3 is 5.97 Å². The number of carbonyl (C=O) groups is 3. The van der Waals surface area contributed by atoms with E-state index < -0.39 is 18.0 Å². The van der Waals surface area contributed by atoms with Gasteiger partial charge in [0.1, 0.15) is 12.3 Å². The van der Waals surface area contributed by atoms with E-state index in [4.69, 9.17) is 9.47 Å². The van der Waals surface area contributed by atoms with Gasteiger partial charge in [-0.15, -0.1) is 0 Å². The summed E-state index contributed by atoms with van der Waals surface area (Å²) >= 11 is 0. The number of likely N-dealkylation sites (N-methyl/N-ethyl adjacent to an activating group) is 1. The van der Waals surface area contributed by atoms with Crippen LogP contribution in [0.2, 0.25) is 0 Å². The number of hydrogen-bond donors (Lipinski definition) is 2.